The fourth-order valence-electron chi connectivity index (χ4n) is 6.04. The molecule has 0 aromatic heterocycles. The van der Waals surface area contributed by atoms with E-state index >= 15 is 0 Å². The second-order valence-electron chi connectivity index (χ2n) is 12.8. The van der Waals surface area contributed by atoms with E-state index in [1.54, 1.807) is 0 Å². The zero-order chi connectivity index (χ0) is 31.5. The number of carbonyl (C=O) groups is 2. The maximum absolute atomic E-state index is 13.1. The van der Waals surface area contributed by atoms with Crippen molar-refractivity contribution >= 4 is 11.6 Å². The molecule has 4 heteroatoms. The number of Topliss-reactive ketones (excluding diaryl/α,β-unsaturated/α-hetero) is 2. The Morgan fingerprint density at radius 2 is 0.791 bits per heavy atom. The second kappa shape index (κ2) is 21.1. The van der Waals surface area contributed by atoms with Crippen LogP contribution in [0.15, 0.2) is 24.3 Å². The maximum atomic E-state index is 13.1. The highest BCUT2D eigenvalue weighted by Gasteiger charge is 2.17. The number of hydrogen-bond acceptors (Lipinski definition) is 4. The van der Waals surface area contributed by atoms with Gasteiger partial charge in [-0.25, -0.2) is 0 Å². The molecule has 0 heterocycles. The van der Waals surface area contributed by atoms with Gasteiger partial charge in [0, 0.05) is 12.8 Å². The molecular formula is C39H60O4. The molecule has 0 amide bonds. The summed E-state index contributed by atoms with van der Waals surface area (Å²) >= 11 is 0. The van der Waals surface area contributed by atoms with Crippen LogP contribution in [0.5, 0.6) is 11.5 Å². The Balaban J connectivity index is 1.92. The van der Waals surface area contributed by atoms with Gasteiger partial charge in [-0.05, 0) is 67.5 Å². The number of rotatable bonds is 24. The molecule has 0 spiro atoms. The fourth-order valence-corrected chi connectivity index (χ4v) is 6.04. The molecular weight excluding hydrogens is 532 g/mol. The average Bonchev–Trinajstić information content (AvgIpc) is 2.98. The minimum atomic E-state index is -0.0101. The topological polar surface area (TPSA) is 74.6 Å². The molecule has 0 saturated heterocycles. The first-order valence-corrected chi connectivity index (χ1v) is 17.5. The third kappa shape index (κ3) is 13.7. The Kier molecular flexibility index (Phi) is 18.0. The van der Waals surface area contributed by atoms with Crippen molar-refractivity contribution in [2.45, 2.75) is 163 Å². The van der Waals surface area contributed by atoms with E-state index in [-0.39, 0.29) is 23.1 Å². The van der Waals surface area contributed by atoms with Crippen LogP contribution in [0.25, 0.3) is 0 Å². The van der Waals surface area contributed by atoms with Crippen molar-refractivity contribution in [2.75, 3.05) is 0 Å². The Hall–Kier alpha value is -2.62. The molecule has 2 aromatic rings. The summed E-state index contributed by atoms with van der Waals surface area (Å²) < 4.78 is 0. The van der Waals surface area contributed by atoms with Gasteiger partial charge in [0.15, 0.2) is 11.6 Å². The Labute approximate surface area is 262 Å². The lowest BCUT2D eigenvalue weighted by molar-refractivity contribution is 0.0968. The molecule has 0 aliphatic carbocycles. The summed E-state index contributed by atoms with van der Waals surface area (Å²) in [7, 11) is 0. The van der Waals surface area contributed by atoms with Gasteiger partial charge in [-0.1, -0.05) is 129 Å². The Bertz CT molecular complexity index is 1030. The SMILES string of the molecule is CCCCCCCCCCCC(=O)c1cc(Cc2cc(C)c(O)c(C(=O)CCCCCCCCCCC)c2)cc(C)c1O. The van der Waals surface area contributed by atoms with Gasteiger partial charge in [0.05, 0.1) is 11.1 Å². The zero-order valence-electron chi connectivity index (χ0n) is 27.9. The molecule has 0 radical (unpaired) electrons. The molecule has 0 atom stereocenters. The monoisotopic (exact) mass is 592 g/mol. The van der Waals surface area contributed by atoms with Crippen LogP contribution in [0.3, 0.4) is 0 Å². The number of aryl methyl sites for hydroxylation is 2. The van der Waals surface area contributed by atoms with Crippen molar-refractivity contribution < 1.29 is 19.8 Å². The number of hydrogen-bond donors (Lipinski definition) is 2. The first-order valence-electron chi connectivity index (χ1n) is 17.5. The van der Waals surface area contributed by atoms with Crippen LogP contribution in [-0.2, 0) is 6.42 Å². The highest BCUT2D eigenvalue weighted by molar-refractivity contribution is 6.00. The predicted octanol–water partition coefficient (Wildman–Crippen LogP) is 11.5. The van der Waals surface area contributed by atoms with Crippen LogP contribution in [-0.4, -0.2) is 21.8 Å². The highest BCUT2D eigenvalue weighted by atomic mass is 16.3. The van der Waals surface area contributed by atoms with Gasteiger partial charge >= 0.3 is 0 Å². The van der Waals surface area contributed by atoms with E-state index in [2.05, 4.69) is 13.8 Å². The molecule has 0 aliphatic heterocycles. The number of benzene rings is 2. The highest BCUT2D eigenvalue weighted by Crippen LogP contribution is 2.30. The van der Waals surface area contributed by atoms with Gasteiger partial charge < -0.3 is 10.2 Å². The average molecular weight is 593 g/mol. The van der Waals surface area contributed by atoms with Gasteiger partial charge in [-0.2, -0.15) is 0 Å². The quantitative estimate of drug-likeness (QED) is 0.0939. The number of phenols is 2. The number of unbranched alkanes of at least 4 members (excludes halogenated alkanes) is 16. The van der Waals surface area contributed by atoms with Crippen LogP contribution in [0, 0.1) is 13.8 Å². The molecule has 2 rings (SSSR count). The van der Waals surface area contributed by atoms with Gasteiger partial charge in [-0.3, -0.25) is 9.59 Å². The van der Waals surface area contributed by atoms with Crippen molar-refractivity contribution in [3.8, 4) is 11.5 Å². The number of aromatic hydroxyl groups is 2. The van der Waals surface area contributed by atoms with E-state index in [1.807, 2.05) is 38.1 Å². The molecule has 0 fully saturated rings. The predicted molar refractivity (Wildman–Crippen MR) is 181 cm³/mol. The summed E-state index contributed by atoms with van der Waals surface area (Å²) in [4.78, 5) is 26.1. The van der Waals surface area contributed by atoms with E-state index < -0.39 is 0 Å². The normalized spacial score (nSPS) is 11.3. The largest absolute Gasteiger partial charge is 0.507 e. The summed E-state index contributed by atoms with van der Waals surface area (Å²) in [5.41, 5.74) is 4.01. The van der Waals surface area contributed by atoms with Gasteiger partial charge in [0.1, 0.15) is 11.5 Å². The molecule has 2 aromatic carbocycles. The van der Waals surface area contributed by atoms with Crippen molar-refractivity contribution in [1.82, 2.24) is 0 Å². The summed E-state index contributed by atoms with van der Waals surface area (Å²) in [6.45, 7) is 8.13. The lowest BCUT2D eigenvalue weighted by atomic mass is 9.93. The van der Waals surface area contributed by atoms with Crippen molar-refractivity contribution in [1.29, 1.82) is 0 Å². The molecule has 4 nitrogen and oxygen atoms in total. The zero-order valence-corrected chi connectivity index (χ0v) is 27.9. The lowest BCUT2D eigenvalue weighted by Gasteiger charge is -2.13. The minimum absolute atomic E-state index is 0.0101. The van der Waals surface area contributed by atoms with Crippen molar-refractivity contribution in [2.24, 2.45) is 0 Å². The first-order chi connectivity index (χ1) is 20.8. The standard InChI is InChI=1S/C39H60O4/c1-5-7-9-11-13-15-17-19-21-23-36(40)34-28-32(25-30(3)38(34)42)27-33-26-31(4)39(43)35(29-33)37(41)24-22-20-18-16-14-12-10-8-6-2/h25-26,28-29,42-43H,5-24,27H2,1-4H3. The van der Waals surface area contributed by atoms with Crippen molar-refractivity contribution in [3.05, 3.63) is 57.6 Å². The van der Waals surface area contributed by atoms with Crippen LogP contribution < -0.4 is 0 Å². The molecule has 240 valence electrons. The Morgan fingerprint density at radius 1 is 0.488 bits per heavy atom. The number of ketones is 2. The maximum Gasteiger partial charge on any atom is 0.166 e. The van der Waals surface area contributed by atoms with Gasteiger partial charge in [0.2, 0.25) is 0 Å². The van der Waals surface area contributed by atoms with E-state index in [0.29, 0.717) is 41.5 Å². The van der Waals surface area contributed by atoms with Crippen LogP contribution in [0.1, 0.15) is 185 Å². The first kappa shape index (κ1) is 36.6. The molecule has 0 saturated carbocycles. The van der Waals surface area contributed by atoms with Crippen LogP contribution in [0.2, 0.25) is 0 Å². The van der Waals surface area contributed by atoms with Crippen LogP contribution >= 0.6 is 0 Å². The molecule has 0 unspecified atom stereocenters. The van der Waals surface area contributed by atoms with E-state index in [4.69, 9.17) is 0 Å². The van der Waals surface area contributed by atoms with Gasteiger partial charge in [-0.15, -0.1) is 0 Å². The van der Waals surface area contributed by atoms with Crippen molar-refractivity contribution in [3.63, 3.8) is 0 Å². The molecule has 0 aliphatic rings. The molecule has 43 heavy (non-hydrogen) atoms. The Morgan fingerprint density at radius 3 is 1.12 bits per heavy atom. The second-order valence-corrected chi connectivity index (χ2v) is 12.8. The minimum Gasteiger partial charge on any atom is -0.507 e. The van der Waals surface area contributed by atoms with E-state index in [9.17, 15) is 19.8 Å². The third-order valence-corrected chi connectivity index (χ3v) is 8.74. The number of carbonyl (C=O) groups excluding carboxylic acids is 2. The molecule has 2 N–H and O–H groups in total. The van der Waals surface area contributed by atoms with Gasteiger partial charge in [0.25, 0.3) is 0 Å². The summed E-state index contributed by atoms with van der Waals surface area (Å²) in [5.74, 6) is 0.125. The third-order valence-electron chi connectivity index (χ3n) is 8.74. The van der Waals surface area contributed by atoms with E-state index in [1.165, 1.54) is 77.0 Å². The fraction of sp³-hybridized carbons (Fsp3) is 0.641. The smallest absolute Gasteiger partial charge is 0.166 e. The summed E-state index contributed by atoms with van der Waals surface area (Å²) in [6.07, 6.45) is 23.0. The molecule has 0 bridgehead atoms. The summed E-state index contributed by atoms with van der Waals surface area (Å²) in [5, 5.41) is 21.4. The summed E-state index contributed by atoms with van der Waals surface area (Å²) in [6, 6.07) is 7.45. The van der Waals surface area contributed by atoms with Crippen LogP contribution in [0.4, 0.5) is 0 Å². The lowest BCUT2D eigenvalue weighted by Crippen LogP contribution is -2.04. The van der Waals surface area contributed by atoms with E-state index in [0.717, 1.165) is 49.7 Å². The number of phenolic OH excluding ortho intramolecular Hbond substituents is 2.